The monoisotopic (exact) mass is 319 g/mol. The molecule has 1 atom stereocenters. The molecule has 6 heteroatoms. The average Bonchev–Trinajstić information content (AvgIpc) is 3.21. The minimum Gasteiger partial charge on any atom is -0.338 e. The summed E-state index contributed by atoms with van der Waals surface area (Å²) < 4.78 is 5.32. The molecule has 4 nitrogen and oxygen atoms in total. The Morgan fingerprint density at radius 1 is 1.19 bits per heavy atom. The van der Waals surface area contributed by atoms with Gasteiger partial charge < -0.3 is 9.84 Å². The molecule has 0 saturated heterocycles. The lowest BCUT2D eigenvalue weighted by Crippen LogP contribution is -2.24. The Labute approximate surface area is 131 Å². The van der Waals surface area contributed by atoms with Crippen molar-refractivity contribution in [1.82, 2.24) is 15.5 Å². The zero-order chi connectivity index (χ0) is 14.7. The number of aromatic nitrogens is 2. The summed E-state index contributed by atoms with van der Waals surface area (Å²) in [4.78, 5) is 6.81. The van der Waals surface area contributed by atoms with E-state index in [-0.39, 0.29) is 0 Å². The average molecular weight is 319 g/mol. The number of hydrogen-bond acceptors (Lipinski definition) is 6. The molecule has 0 amide bonds. The Morgan fingerprint density at radius 2 is 2.00 bits per heavy atom. The lowest BCUT2D eigenvalue weighted by atomic mass is 10.0. The highest BCUT2D eigenvalue weighted by molar-refractivity contribution is 7.13. The van der Waals surface area contributed by atoms with E-state index < -0.39 is 0 Å². The summed E-state index contributed by atoms with van der Waals surface area (Å²) in [6, 6.07) is 8.53. The molecule has 3 aromatic rings. The molecule has 0 aliphatic carbocycles. The molecule has 110 valence electrons. The summed E-state index contributed by atoms with van der Waals surface area (Å²) in [6.45, 7) is 5.00. The molecule has 0 aliphatic heterocycles. The zero-order valence-electron chi connectivity index (χ0n) is 11.9. The molecule has 3 rings (SSSR count). The third-order valence-electron chi connectivity index (χ3n) is 3.20. The van der Waals surface area contributed by atoms with Crippen LogP contribution in [0, 0.1) is 5.92 Å². The smallest absolute Gasteiger partial charge is 0.240 e. The van der Waals surface area contributed by atoms with Crippen LogP contribution in [-0.2, 0) is 6.54 Å². The highest BCUT2D eigenvalue weighted by atomic mass is 32.1. The van der Waals surface area contributed by atoms with Gasteiger partial charge in [0.2, 0.25) is 11.7 Å². The van der Waals surface area contributed by atoms with Crippen LogP contribution in [0.1, 0.15) is 30.7 Å². The van der Waals surface area contributed by atoms with Crippen molar-refractivity contribution in [2.75, 3.05) is 0 Å². The van der Waals surface area contributed by atoms with Gasteiger partial charge in [-0.15, -0.1) is 22.7 Å². The molecular formula is C15H17N3OS2. The van der Waals surface area contributed by atoms with Crippen molar-refractivity contribution >= 4 is 22.7 Å². The highest BCUT2D eigenvalue weighted by Gasteiger charge is 2.18. The fourth-order valence-electron chi connectivity index (χ4n) is 2.16. The van der Waals surface area contributed by atoms with Crippen LogP contribution >= 0.6 is 22.7 Å². The van der Waals surface area contributed by atoms with Gasteiger partial charge in [0.15, 0.2) is 0 Å². The minimum absolute atomic E-state index is 0.307. The number of hydrogen-bond donors (Lipinski definition) is 1. The Kier molecular flexibility index (Phi) is 4.48. The van der Waals surface area contributed by atoms with Crippen molar-refractivity contribution in [2.24, 2.45) is 5.92 Å². The third kappa shape index (κ3) is 3.40. The van der Waals surface area contributed by atoms with Gasteiger partial charge in [0.1, 0.15) is 0 Å². The Hall–Kier alpha value is -1.50. The van der Waals surface area contributed by atoms with Gasteiger partial charge in [-0.2, -0.15) is 4.98 Å². The summed E-state index contributed by atoms with van der Waals surface area (Å²) in [5.41, 5.74) is 0. The second-order valence-electron chi connectivity index (χ2n) is 5.11. The second kappa shape index (κ2) is 6.51. The summed E-state index contributed by atoms with van der Waals surface area (Å²) >= 11 is 3.38. The fourth-order valence-corrected chi connectivity index (χ4v) is 3.79. The predicted octanol–water partition coefficient (Wildman–Crippen LogP) is 4.35. The molecule has 0 aromatic carbocycles. The molecule has 1 N–H and O–H groups in total. The van der Waals surface area contributed by atoms with E-state index in [4.69, 9.17) is 4.52 Å². The minimum atomic E-state index is 0.307. The van der Waals surface area contributed by atoms with Gasteiger partial charge in [-0.1, -0.05) is 31.1 Å². The molecule has 0 spiro atoms. The van der Waals surface area contributed by atoms with Gasteiger partial charge in [-0.3, -0.25) is 0 Å². The molecule has 3 aromatic heterocycles. The van der Waals surface area contributed by atoms with Gasteiger partial charge in [-0.05, 0) is 28.8 Å². The molecule has 0 bridgehead atoms. The topological polar surface area (TPSA) is 51.0 Å². The second-order valence-corrected chi connectivity index (χ2v) is 7.03. The van der Waals surface area contributed by atoms with Crippen LogP contribution in [0.25, 0.3) is 10.7 Å². The van der Waals surface area contributed by atoms with Crippen molar-refractivity contribution in [2.45, 2.75) is 26.4 Å². The van der Waals surface area contributed by atoms with Gasteiger partial charge in [0.25, 0.3) is 0 Å². The number of nitrogens with zero attached hydrogens (tertiary/aromatic N) is 2. The molecule has 0 radical (unpaired) electrons. The van der Waals surface area contributed by atoms with Crippen LogP contribution in [0.2, 0.25) is 0 Å². The number of nitrogens with one attached hydrogen (secondary N) is 1. The van der Waals surface area contributed by atoms with Gasteiger partial charge in [0.05, 0.1) is 11.4 Å². The Balaban J connectivity index is 1.67. The Bertz CT molecular complexity index is 659. The van der Waals surface area contributed by atoms with Crippen LogP contribution in [0.15, 0.2) is 39.5 Å². The van der Waals surface area contributed by atoms with E-state index in [2.05, 4.69) is 46.8 Å². The largest absolute Gasteiger partial charge is 0.338 e. The molecule has 3 heterocycles. The van der Waals surface area contributed by atoms with E-state index in [1.54, 1.807) is 22.7 Å². The van der Waals surface area contributed by atoms with Crippen LogP contribution < -0.4 is 5.32 Å². The first kappa shape index (κ1) is 14.4. The Morgan fingerprint density at radius 3 is 2.67 bits per heavy atom. The standard InChI is InChI=1S/C15H17N3OS2/c1-10(2)14(11-5-3-7-20-11)16-9-13-17-15(18-19-13)12-6-4-8-21-12/h3-8,10,14,16H,9H2,1-2H3/t14-/m0/s1. The maximum Gasteiger partial charge on any atom is 0.240 e. The highest BCUT2D eigenvalue weighted by Crippen LogP contribution is 2.26. The third-order valence-corrected chi connectivity index (χ3v) is 5.02. The normalized spacial score (nSPS) is 12.9. The van der Waals surface area contributed by atoms with Crippen molar-refractivity contribution < 1.29 is 4.52 Å². The van der Waals surface area contributed by atoms with Crippen molar-refractivity contribution in [3.63, 3.8) is 0 Å². The van der Waals surface area contributed by atoms with Crippen molar-refractivity contribution in [3.05, 3.63) is 45.8 Å². The first-order valence-corrected chi connectivity index (χ1v) is 8.63. The molecule has 0 saturated carbocycles. The molecule has 0 unspecified atom stereocenters. The van der Waals surface area contributed by atoms with Crippen LogP contribution in [-0.4, -0.2) is 10.1 Å². The summed E-state index contributed by atoms with van der Waals surface area (Å²) in [5.74, 6) is 1.79. The zero-order valence-corrected chi connectivity index (χ0v) is 13.6. The van der Waals surface area contributed by atoms with Crippen LogP contribution in [0.4, 0.5) is 0 Å². The molecular weight excluding hydrogens is 302 g/mol. The lowest BCUT2D eigenvalue weighted by molar-refractivity contribution is 0.339. The van der Waals surface area contributed by atoms with Crippen molar-refractivity contribution in [3.8, 4) is 10.7 Å². The van der Waals surface area contributed by atoms with E-state index >= 15 is 0 Å². The van der Waals surface area contributed by atoms with Crippen LogP contribution in [0.5, 0.6) is 0 Å². The van der Waals surface area contributed by atoms with Gasteiger partial charge in [0, 0.05) is 10.9 Å². The quantitative estimate of drug-likeness (QED) is 0.734. The molecule has 21 heavy (non-hydrogen) atoms. The molecule has 0 fully saturated rings. The van der Waals surface area contributed by atoms with Crippen LogP contribution in [0.3, 0.4) is 0 Å². The van der Waals surface area contributed by atoms with Gasteiger partial charge >= 0.3 is 0 Å². The lowest BCUT2D eigenvalue weighted by Gasteiger charge is -2.20. The van der Waals surface area contributed by atoms with E-state index in [0.29, 0.717) is 30.2 Å². The van der Waals surface area contributed by atoms with Gasteiger partial charge in [-0.25, -0.2) is 0 Å². The van der Waals surface area contributed by atoms with E-state index in [1.165, 1.54) is 4.88 Å². The van der Waals surface area contributed by atoms with Crippen molar-refractivity contribution in [1.29, 1.82) is 0 Å². The summed E-state index contributed by atoms with van der Waals surface area (Å²) in [5, 5.41) is 11.7. The maximum atomic E-state index is 5.32. The van der Waals surface area contributed by atoms with E-state index in [0.717, 1.165) is 4.88 Å². The molecule has 0 aliphatic rings. The van der Waals surface area contributed by atoms with E-state index in [1.807, 2.05) is 17.5 Å². The maximum absolute atomic E-state index is 5.32. The summed E-state index contributed by atoms with van der Waals surface area (Å²) in [6.07, 6.45) is 0. The first-order valence-electron chi connectivity index (χ1n) is 6.87. The number of thiophene rings is 2. The summed E-state index contributed by atoms with van der Waals surface area (Å²) in [7, 11) is 0. The van der Waals surface area contributed by atoms with E-state index in [9.17, 15) is 0 Å². The number of rotatable bonds is 6. The first-order chi connectivity index (χ1) is 10.2. The SMILES string of the molecule is CC(C)[C@H](NCc1nc(-c2cccs2)no1)c1cccs1. The fraction of sp³-hybridized carbons (Fsp3) is 0.333. The predicted molar refractivity (Wildman–Crippen MR) is 86.3 cm³/mol.